The zero-order valence-electron chi connectivity index (χ0n) is 19.1. The van der Waals surface area contributed by atoms with Crippen LogP contribution in [0.15, 0.2) is 23.2 Å². The minimum Gasteiger partial charge on any atom is -0.493 e. The van der Waals surface area contributed by atoms with E-state index in [-0.39, 0.29) is 5.41 Å². The third-order valence-electron chi connectivity index (χ3n) is 6.02. The fraction of sp³-hybridized carbons (Fsp3) is 0.696. The molecule has 0 heterocycles. The van der Waals surface area contributed by atoms with Crippen LogP contribution in [0.3, 0.4) is 0 Å². The summed E-state index contributed by atoms with van der Waals surface area (Å²) in [7, 11) is 5.10. The van der Waals surface area contributed by atoms with Crippen LogP contribution in [0.5, 0.6) is 11.5 Å². The van der Waals surface area contributed by atoms with Crippen molar-refractivity contribution in [1.29, 1.82) is 0 Å². The number of guanidine groups is 1. The molecule has 0 bridgehead atoms. The van der Waals surface area contributed by atoms with Gasteiger partial charge in [0.05, 0.1) is 20.8 Å². The van der Waals surface area contributed by atoms with Crippen LogP contribution in [0.2, 0.25) is 0 Å². The number of hydrogen-bond acceptors (Lipinski definition) is 4. The number of aliphatic imine (C=N–C) groups is 1. The van der Waals surface area contributed by atoms with Gasteiger partial charge >= 0.3 is 0 Å². The summed E-state index contributed by atoms with van der Waals surface area (Å²) in [6.45, 7) is 9.78. The van der Waals surface area contributed by atoms with Gasteiger partial charge in [-0.3, -0.25) is 4.99 Å². The third-order valence-corrected chi connectivity index (χ3v) is 6.02. The summed E-state index contributed by atoms with van der Waals surface area (Å²) in [6.07, 6.45) is 4.94. The first-order valence-electron chi connectivity index (χ1n) is 10.6. The topological polar surface area (TPSA) is 64.1 Å². The molecule has 0 saturated heterocycles. The van der Waals surface area contributed by atoms with Crippen molar-refractivity contribution in [2.45, 2.75) is 51.9 Å². The molecule has 2 rings (SSSR count). The highest BCUT2D eigenvalue weighted by molar-refractivity contribution is 5.79. The van der Waals surface area contributed by atoms with Crippen LogP contribution in [-0.2, 0) is 10.2 Å². The Hall–Kier alpha value is -1.95. The summed E-state index contributed by atoms with van der Waals surface area (Å²) in [5, 5.41) is 6.96. The normalized spacial score (nSPS) is 16.1. The number of nitrogens with one attached hydrogen (secondary N) is 2. The molecule has 164 valence electrons. The number of hydrogen-bond donors (Lipinski definition) is 2. The van der Waals surface area contributed by atoms with E-state index in [1.54, 1.807) is 21.3 Å². The van der Waals surface area contributed by atoms with E-state index in [0.29, 0.717) is 12.0 Å². The minimum absolute atomic E-state index is 0.133. The maximum Gasteiger partial charge on any atom is 0.191 e. The van der Waals surface area contributed by atoms with Gasteiger partial charge in [0.15, 0.2) is 17.5 Å². The highest BCUT2D eigenvalue weighted by Crippen LogP contribution is 2.43. The monoisotopic (exact) mass is 405 g/mol. The first-order valence-corrected chi connectivity index (χ1v) is 10.6. The van der Waals surface area contributed by atoms with Gasteiger partial charge in [0, 0.05) is 32.2 Å². The van der Waals surface area contributed by atoms with Crippen molar-refractivity contribution in [3.05, 3.63) is 23.8 Å². The van der Waals surface area contributed by atoms with Gasteiger partial charge in [0.1, 0.15) is 0 Å². The maximum absolute atomic E-state index is 5.47. The van der Waals surface area contributed by atoms with Gasteiger partial charge in [-0.25, -0.2) is 0 Å². The molecule has 29 heavy (non-hydrogen) atoms. The summed E-state index contributed by atoms with van der Waals surface area (Å²) in [6, 6.07) is 6.09. The largest absolute Gasteiger partial charge is 0.493 e. The van der Waals surface area contributed by atoms with Crippen LogP contribution in [0.25, 0.3) is 0 Å². The van der Waals surface area contributed by atoms with E-state index in [4.69, 9.17) is 19.2 Å². The zero-order chi connectivity index (χ0) is 21.3. The average molecular weight is 406 g/mol. The van der Waals surface area contributed by atoms with E-state index in [1.165, 1.54) is 24.8 Å². The van der Waals surface area contributed by atoms with Crippen molar-refractivity contribution in [3.8, 4) is 11.5 Å². The summed E-state index contributed by atoms with van der Waals surface area (Å²) in [5.74, 6) is 2.37. The van der Waals surface area contributed by atoms with Crippen molar-refractivity contribution in [3.63, 3.8) is 0 Å². The molecule has 2 N–H and O–H groups in total. The van der Waals surface area contributed by atoms with E-state index < -0.39 is 0 Å². The van der Waals surface area contributed by atoms with E-state index in [9.17, 15) is 0 Å². The average Bonchev–Trinajstić information content (AvgIpc) is 2.70. The fourth-order valence-corrected chi connectivity index (χ4v) is 3.75. The molecule has 0 radical (unpaired) electrons. The molecule has 1 fully saturated rings. The molecular weight excluding hydrogens is 366 g/mol. The Morgan fingerprint density at radius 2 is 1.83 bits per heavy atom. The number of nitrogens with zero attached hydrogens (tertiary/aromatic N) is 1. The lowest BCUT2D eigenvalue weighted by molar-refractivity contribution is 0.0732. The number of ether oxygens (including phenoxy) is 3. The van der Waals surface area contributed by atoms with Crippen LogP contribution in [0, 0.1) is 5.41 Å². The van der Waals surface area contributed by atoms with Crippen LogP contribution in [0.4, 0.5) is 0 Å². The van der Waals surface area contributed by atoms with E-state index in [1.807, 2.05) is 12.1 Å². The fourth-order valence-electron chi connectivity index (χ4n) is 3.75. The van der Waals surface area contributed by atoms with Gasteiger partial charge < -0.3 is 24.8 Å². The molecule has 1 saturated carbocycles. The smallest absolute Gasteiger partial charge is 0.191 e. The Morgan fingerprint density at radius 3 is 2.38 bits per heavy atom. The summed E-state index contributed by atoms with van der Waals surface area (Å²) in [5.41, 5.74) is 1.39. The molecule has 0 unspecified atom stereocenters. The standard InChI is InChI=1S/C23H39N3O3/c1-7-24-21(26-17-23(11-8-12-23)13-14-27-4)25-16-22(2,3)18-9-10-19(28-5)20(15-18)29-6/h9-10,15H,7-8,11-14,16-17H2,1-6H3,(H2,24,25,26). The zero-order valence-corrected chi connectivity index (χ0v) is 19.1. The minimum atomic E-state index is -0.133. The maximum atomic E-state index is 5.47. The lowest BCUT2D eigenvalue weighted by Crippen LogP contribution is -2.47. The van der Waals surface area contributed by atoms with E-state index >= 15 is 0 Å². The lowest BCUT2D eigenvalue weighted by atomic mass is 9.67. The predicted molar refractivity (Wildman–Crippen MR) is 119 cm³/mol. The highest BCUT2D eigenvalue weighted by Gasteiger charge is 2.36. The second kappa shape index (κ2) is 10.7. The SMILES string of the molecule is CCNC(=NCC(C)(C)c1ccc(OC)c(OC)c1)NCC1(CCOC)CCC1. The Balaban J connectivity index is 2.06. The van der Waals surface area contributed by atoms with Gasteiger partial charge in [0.25, 0.3) is 0 Å². The molecule has 1 aliphatic rings. The van der Waals surface area contributed by atoms with Crippen LogP contribution in [-0.4, -0.2) is 53.5 Å². The third kappa shape index (κ3) is 6.26. The summed E-state index contributed by atoms with van der Waals surface area (Å²) < 4.78 is 16.1. The first-order chi connectivity index (χ1) is 13.9. The molecule has 1 aromatic carbocycles. The molecule has 0 aromatic heterocycles. The van der Waals surface area contributed by atoms with E-state index in [2.05, 4.69) is 37.5 Å². The molecular formula is C23H39N3O3. The number of benzene rings is 1. The van der Waals surface area contributed by atoms with Crippen LogP contribution < -0.4 is 20.1 Å². The first kappa shape index (κ1) is 23.3. The second-order valence-electron chi connectivity index (χ2n) is 8.60. The molecule has 6 heteroatoms. The molecule has 0 atom stereocenters. The van der Waals surface area contributed by atoms with Gasteiger partial charge in [0.2, 0.25) is 0 Å². The van der Waals surface area contributed by atoms with Gasteiger partial charge in [-0.05, 0) is 49.3 Å². The Kier molecular flexibility index (Phi) is 8.62. The van der Waals surface area contributed by atoms with Crippen LogP contribution >= 0.6 is 0 Å². The van der Waals surface area contributed by atoms with Crippen molar-refractivity contribution in [2.75, 3.05) is 47.6 Å². The van der Waals surface area contributed by atoms with E-state index in [0.717, 1.165) is 43.6 Å². The highest BCUT2D eigenvalue weighted by atomic mass is 16.5. The van der Waals surface area contributed by atoms with Gasteiger partial charge in [-0.1, -0.05) is 26.3 Å². The van der Waals surface area contributed by atoms with Crippen molar-refractivity contribution >= 4 is 5.96 Å². The Labute approximate surface area is 176 Å². The molecule has 0 spiro atoms. The summed E-state index contributed by atoms with van der Waals surface area (Å²) >= 11 is 0. The quantitative estimate of drug-likeness (QED) is 0.434. The van der Waals surface area contributed by atoms with Crippen molar-refractivity contribution in [1.82, 2.24) is 10.6 Å². The second-order valence-corrected chi connectivity index (χ2v) is 8.60. The van der Waals surface area contributed by atoms with Crippen LogP contribution in [0.1, 0.15) is 52.0 Å². The van der Waals surface area contributed by atoms with Crippen molar-refractivity contribution < 1.29 is 14.2 Å². The molecule has 0 aliphatic heterocycles. The Bertz CT molecular complexity index is 669. The van der Waals surface area contributed by atoms with Gasteiger partial charge in [-0.15, -0.1) is 0 Å². The van der Waals surface area contributed by atoms with Crippen molar-refractivity contribution in [2.24, 2.45) is 10.4 Å². The molecule has 1 aliphatic carbocycles. The summed E-state index contributed by atoms with van der Waals surface area (Å²) in [4.78, 5) is 4.89. The number of rotatable bonds is 11. The molecule has 0 amide bonds. The lowest BCUT2D eigenvalue weighted by Gasteiger charge is -2.42. The molecule has 6 nitrogen and oxygen atoms in total. The van der Waals surface area contributed by atoms with Gasteiger partial charge in [-0.2, -0.15) is 0 Å². The predicted octanol–water partition coefficient (Wildman–Crippen LogP) is 3.74. The molecule has 1 aromatic rings. The number of methoxy groups -OCH3 is 3. The Morgan fingerprint density at radius 1 is 1.10 bits per heavy atom.